The van der Waals surface area contributed by atoms with E-state index in [1.54, 1.807) is 68.4 Å². The minimum Gasteiger partial charge on any atom is -0.464 e. The van der Waals surface area contributed by atoms with Gasteiger partial charge in [-0.2, -0.15) is 0 Å². The molecule has 200 valence electrons. The Morgan fingerprint density at radius 1 is 0.838 bits per heavy atom. The third-order valence-electron chi connectivity index (χ3n) is 6.00. The molecule has 0 aliphatic rings. The van der Waals surface area contributed by atoms with Crippen molar-refractivity contribution in [3.8, 4) is 0 Å². The van der Waals surface area contributed by atoms with Crippen LogP contribution in [0.4, 0.5) is 0 Å². The van der Waals surface area contributed by atoms with E-state index in [-0.39, 0.29) is 24.9 Å². The quantitative estimate of drug-likeness (QED) is 0.147. The molecule has 2 aromatic rings. The van der Waals surface area contributed by atoms with Gasteiger partial charge in [0.1, 0.15) is 12.1 Å². The van der Waals surface area contributed by atoms with Gasteiger partial charge in [0.2, 0.25) is 0 Å². The standard InChI is InChI=1S/C29H36BrNO6/c1-4-5-6-7-11-14-26(33)36-20-19-31(27(34)23-12-9-8-10-13-23)29(2,3)28(35)37-21-25(32)22-15-17-24(30)18-16-22/h8-10,12-13,15-18H,4-7,11,14,19-21H2,1-3H3. The molecule has 0 N–H and O–H groups in total. The maximum Gasteiger partial charge on any atom is 0.331 e. The van der Waals surface area contributed by atoms with Gasteiger partial charge in [-0.3, -0.25) is 14.4 Å². The van der Waals surface area contributed by atoms with E-state index in [0.717, 1.165) is 36.6 Å². The van der Waals surface area contributed by atoms with Crippen LogP contribution < -0.4 is 0 Å². The minimum atomic E-state index is -1.42. The maximum absolute atomic E-state index is 13.3. The minimum absolute atomic E-state index is 0.00192. The third-order valence-corrected chi connectivity index (χ3v) is 6.53. The summed E-state index contributed by atoms with van der Waals surface area (Å²) < 4.78 is 11.5. The fourth-order valence-electron chi connectivity index (χ4n) is 3.70. The van der Waals surface area contributed by atoms with E-state index in [9.17, 15) is 19.2 Å². The van der Waals surface area contributed by atoms with Crippen LogP contribution in [0.3, 0.4) is 0 Å². The zero-order chi connectivity index (χ0) is 27.3. The van der Waals surface area contributed by atoms with E-state index in [4.69, 9.17) is 9.47 Å². The highest BCUT2D eigenvalue weighted by Gasteiger charge is 2.40. The van der Waals surface area contributed by atoms with Crippen molar-refractivity contribution in [1.29, 1.82) is 0 Å². The van der Waals surface area contributed by atoms with Crippen LogP contribution in [-0.2, 0) is 19.1 Å². The summed E-state index contributed by atoms with van der Waals surface area (Å²) in [6, 6.07) is 15.3. The smallest absolute Gasteiger partial charge is 0.331 e. The van der Waals surface area contributed by atoms with Crippen LogP contribution in [0.25, 0.3) is 0 Å². The molecule has 0 spiro atoms. The van der Waals surface area contributed by atoms with Crippen LogP contribution in [0, 0.1) is 0 Å². The summed E-state index contributed by atoms with van der Waals surface area (Å²) in [6.45, 7) is 4.73. The summed E-state index contributed by atoms with van der Waals surface area (Å²) in [5.74, 6) is -1.82. The van der Waals surface area contributed by atoms with Gasteiger partial charge in [-0.05, 0) is 44.5 Å². The van der Waals surface area contributed by atoms with Crippen molar-refractivity contribution >= 4 is 39.6 Å². The fraction of sp³-hybridized carbons (Fsp3) is 0.448. The van der Waals surface area contributed by atoms with Gasteiger partial charge in [-0.15, -0.1) is 0 Å². The molecule has 0 aliphatic heterocycles. The van der Waals surface area contributed by atoms with Crippen molar-refractivity contribution in [2.75, 3.05) is 19.8 Å². The second-order valence-corrected chi connectivity index (χ2v) is 10.2. The molecular weight excluding hydrogens is 538 g/mol. The summed E-state index contributed by atoms with van der Waals surface area (Å²) >= 11 is 3.32. The van der Waals surface area contributed by atoms with Crippen molar-refractivity contribution in [2.24, 2.45) is 0 Å². The molecule has 0 atom stereocenters. The number of hydrogen-bond donors (Lipinski definition) is 0. The van der Waals surface area contributed by atoms with Gasteiger partial charge >= 0.3 is 11.9 Å². The first-order chi connectivity index (χ1) is 17.7. The van der Waals surface area contributed by atoms with Gasteiger partial charge in [-0.25, -0.2) is 4.79 Å². The molecule has 7 nitrogen and oxygen atoms in total. The Morgan fingerprint density at radius 3 is 2.14 bits per heavy atom. The van der Waals surface area contributed by atoms with E-state index in [1.807, 2.05) is 0 Å². The van der Waals surface area contributed by atoms with Crippen LogP contribution >= 0.6 is 15.9 Å². The Labute approximate surface area is 227 Å². The number of rotatable bonds is 15. The van der Waals surface area contributed by atoms with Crippen molar-refractivity contribution in [1.82, 2.24) is 4.90 Å². The molecule has 0 fully saturated rings. The molecule has 1 amide bonds. The lowest BCUT2D eigenvalue weighted by Gasteiger charge is -2.36. The van der Waals surface area contributed by atoms with Crippen LogP contribution in [0.15, 0.2) is 59.1 Å². The van der Waals surface area contributed by atoms with Gasteiger partial charge in [0.05, 0.1) is 6.54 Å². The highest BCUT2D eigenvalue weighted by Crippen LogP contribution is 2.21. The molecule has 0 heterocycles. The number of hydrogen-bond acceptors (Lipinski definition) is 6. The first kappa shape index (κ1) is 30.2. The van der Waals surface area contributed by atoms with Gasteiger partial charge in [0.25, 0.3) is 5.91 Å². The van der Waals surface area contributed by atoms with E-state index in [1.165, 1.54) is 4.90 Å². The van der Waals surface area contributed by atoms with Crippen LogP contribution in [0.1, 0.15) is 80.0 Å². The van der Waals surface area contributed by atoms with Crippen molar-refractivity contribution < 1.29 is 28.7 Å². The number of unbranched alkanes of at least 4 members (excludes halogenated alkanes) is 4. The van der Waals surface area contributed by atoms with Crippen LogP contribution in [0.2, 0.25) is 0 Å². The summed E-state index contributed by atoms with van der Waals surface area (Å²) in [6.07, 6.45) is 5.41. The average Bonchev–Trinajstić information content (AvgIpc) is 2.89. The predicted octanol–water partition coefficient (Wildman–Crippen LogP) is 6.00. The molecule has 0 radical (unpaired) electrons. The summed E-state index contributed by atoms with van der Waals surface area (Å²) in [5, 5.41) is 0. The molecule has 2 rings (SSSR count). The third kappa shape index (κ3) is 9.76. The SMILES string of the molecule is CCCCCCCC(=O)OCCN(C(=O)c1ccccc1)C(C)(C)C(=O)OCC(=O)c1ccc(Br)cc1. The molecule has 0 bridgehead atoms. The zero-order valence-corrected chi connectivity index (χ0v) is 23.4. The summed E-state index contributed by atoms with van der Waals surface area (Å²) in [5.41, 5.74) is -0.622. The maximum atomic E-state index is 13.3. The molecule has 37 heavy (non-hydrogen) atoms. The van der Waals surface area contributed by atoms with E-state index >= 15 is 0 Å². The number of benzene rings is 2. The molecule has 0 saturated heterocycles. The molecule has 0 saturated carbocycles. The highest BCUT2D eigenvalue weighted by atomic mass is 79.9. The van der Waals surface area contributed by atoms with Crippen molar-refractivity contribution in [3.05, 3.63) is 70.2 Å². The number of nitrogens with zero attached hydrogens (tertiary/aromatic N) is 1. The normalized spacial score (nSPS) is 11.0. The Morgan fingerprint density at radius 2 is 1.49 bits per heavy atom. The van der Waals surface area contributed by atoms with Gasteiger partial charge in [0, 0.05) is 22.0 Å². The molecular formula is C29H36BrNO6. The second kappa shape index (κ2) is 15.3. The number of carbonyl (C=O) groups is 4. The van der Waals surface area contributed by atoms with Crippen LogP contribution in [0.5, 0.6) is 0 Å². The highest BCUT2D eigenvalue weighted by molar-refractivity contribution is 9.10. The van der Waals surface area contributed by atoms with Gasteiger partial charge in [0.15, 0.2) is 12.4 Å². The number of Topliss-reactive ketones (excluding diaryl/α,β-unsaturated/α-hetero) is 1. The number of ketones is 1. The topological polar surface area (TPSA) is 90.0 Å². The number of amides is 1. The van der Waals surface area contributed by atoms with Gasteiger partial charge < -0.3 is 14.4 Å². The Bertz CT molecular complexity index is 1040. The second-order valence-electron chi connectivity index (χ2n) is 9.27. The molecule has 0 aliphatic carbocycles. The van der Waals surface area contributed by atoms with E-state index < -0.39 is 24.0 Å². The average molecular weight is 575 g/mol. The zero-order valence-electron chi connectivity index (χ0n) is 21.8. The van der Waals surface area contributed by atoms with E-state index in [0.29, 0.717) is 17.5 Å². The molecule has 0 aromatic heterocycles. The van der Waals surface area contributed by atoms with Gasteiger partial charge in [-0.1, -0.05) is 78.9 Å². The molecule has 2 aromatic carbocycles. The summed E-state index contributed by atoms with van der Waals surface area (Å²) in [4.78, 5) is 52.4. The Hall–Kier alpha value is -3.00. The Balaban J connectivity index is 2.03. The Kier molecular flexibility index (Phi) is 12.5. The number of esters is 2. The predicted molar refractivity (Wildman–Crippen MR) is 145 cm³/mol. The lowest BCUT2D eigenvalue weighted by molar-refractivity contribution is -0.154. The fourth-order valence-corrected chi connectivity index (χ4v) is 3.97. The van der Waals surface area contributed by atoms with Crippen molar-refractivity contribution in [2.45, 2.75) is 64.8 Å². The molecule has 8 heteroatoms. The lowest BCUT2D eigenvalue weighted by Crippen LogP contribution is -2.55. The number of carbonyl (C=O) groups excluding carboxylic acids is 4. The monoisotopic (exact) mass is 573 g/mol. The number of halogens is 1. The van der Waals surface area contributed by atoms with E-state index in [2.05, 4.69) is 22.9 Å². The first-order valence-electron chi connectivity index (χ1n) is 12.7. The lowest BCUT2D eigenvalue weighted by atomic mass is 10.0. The largest absolute Gasteiger partial charge is 0.464 e. The molecule has 0 unspecified atom stereocenters. The van der Waals surface area contributed by atoms with Crippen molar-refractivity contribution in [3.63, 3.8) is 0 Å². The first-order valence-corrected chi connectivity index (χ1v) is 13.4. The summed E-state index contributed by atoms with van der Waals surface area (Å²) in [7, 11) is 0. The number of ether oxygens (including phenoxy) is 2. The van der Waals surface area contributed by atoms with Crippen LogP contribution in [-0.4, -0.2) is 53.8 Å².